The second-order valence-electron chi connectivity index (χ2n) is 4.33. The summed E-state index contributed by atoms with van der Waals surface area (Å²) in [6.07, 6.45) is 1.58. The molecule has 2 N–H and O–H groups in total. The van der Waals surface area contributed by atoms with Crippen molar-refractivity contribution < 1.29 is 18.7 Å². The van der Waals surface area contributed by atoms with E-state index < -0.39 is 25.0 Å². The number of aryl methyl sites for hydroxylation is 1. The van der Waals surface area contributed by atoms with Crippen LogP contribution in [-0.2, 0) is 6.54 Å². The molecule has 0 atom stereocenters. The topological polar surface area (TPSA) is 84.2 Å². The van der Waals surface area contributed by atoms with E-state index in [4.69, 9.17) is 5.11 Å². The minimum atomic E-state index is -3.38. The third-order valence-corrected chi connectivity index (χ3v) is 2.56. The maximum absolute atomic E-state index is 12.8. The molecule has 0 aliphatic rings. The maximum Gasteiger partial charge on any atom is 0.287 e. The molecule has 1 amide bonds. The average Bonchev–Trinajstić information content (AvgIpc) is 2.44. The number of carbonyl (C=O) groups is 1. The van der Waals surface area contributed by atoms with Crippen molar-refractivity contribution in [3.63, 3.8) is 0 Å². The van der Waals surface area contributed by atoms with Crippen LogP contribution in [0.3, 0.4) is 0 Å². The van der Waals surface area contributed by atoms with Crippen LogP contribution >= 0.6 is 0 Å². The maximum atomic E-state index is 12.8. The molecule has 20 heavy (non-hydrogen) atoms. The highest BCUT2D eigenvalue weighted by atomic mass is 19.3. The van der Waals surface area contributed by atoms with Gasteiger partial charge in [0.1, 0.15) is 12.3 Å². The first-order chi connectivity index (χ1) is 9.39. The fraction of sp³-hybridized carbons (Fsp3) is 0.583. The molecule has 1 heterocycles. The fourth-order valence-corrected chi connectivity index (χ4v) is 1.39. The van der Waals surface area contributed by atoms with Gasteiger partial charge in [-0.15, -0.1) is 0 Å². The third-order valence-electron chi connectivity index (χ3n) is 2.56. The molecule has 0 aliphatic carbocycles. The van der Waals surface area contributed by atoms with Crippen LogP contribution in [-0.4, -0.2) is 39.9 Å². The van der Waals surface area contributed by atoms with E-state index in [2.05, 4.69) is 5.10 Å². The molecule has 1 aromatic rings. The van der Waals surface area contributed by atoms with Gasteiger partial charge in [0.2, 0.25) is 0 Å². The van der Waals surface area contributed by atoms with Crippen molar-refractivity contribution in [3.05, 3.63) is 28.2 Å². The Labute approximate surface area is 114 Å². The lowest BCUT2D eigenvalue weighted by Crippen LogP contribution is -2.39. The van der Waals surface area contributed by atoms with Crippen LogP contribution in [0.1, 0.15) is 30.3 Å². The van der Waals surface area contributed by atoms with Gasteiger partial charge in [-0.05, 0) is 12.5 Å². The van der Waals surface area contributed by atoms with E-state index in [0.29, 0.717) is 6.54 Å². The molecule has 0 saturated heterocycles. The molecule has 0 fully saturated rings. The van der Waals surface area contributed by atoms with E-state index in [0.717, 1.165) is 17.5 Å². The van der Waals surface area contributed by atoms with Gasteiger partial charge in [0.15, 0.2) is 0 Å². The molecular weight excluding hydrogens is 272 g/mol. The second-order valence-corrected chi connectivity index (χ2v) is 4.33. The van der Waals surface area contributed by atoms with E-state index in [9.17, 15) is 18.4 Å². The molecule has 6 nitrogen and oxygen atoms in total. The summed E-state index contributed by atoms with van der Waals surface area (Å²) >= 11 is 0. The Bertz CT molecular complexity index is 517. The van der Waals surface area contributed by atoms with Gasteiger partial charge in [-0.3, -0.25) is 9.59 Å². The highest BCUT2D eigenvalue weighted by Gasteiger charge is 2.28. The number of nitrogens with one attached hydrogen (secondary N) is 1. The van der Waals surface area contributed by atoms with Crippen molar-refractivity contribution in [2.24, 2.45) is 0 Å². The number of amides is 1. The Morgan fingerprint density at radius 2 is 2.20 bits per heavy atom. The Morgan fingerprint density at radius 3 is 2.80 bits per heavy atom. The van der Waals surface area contributed by atoms with Crippen LogP contribution in [0.15, 0.2) is 16.9 Å². The average molecular weight is 289 g/mol. The first-order valence-electron chi connectivity index (χ1n) is 6.24. The standard InChI is InChI=1S/C12H17F2N3O3/c1-2-3-6-17-10(19)5-4-9(16-17)11(20)15-7-12(13,14)8-18/h4-5,18H,2-3,6-8H2,1H3,(H,15,20). The monoisotopic (exact) mass is 289 g/mol. The van der Waals surface area contributed by atoms with Crippen LogP contribution in [0, 0.1) is 0 Å². The van der Waals surface area contributed by atoms with Crippen molar-refractivity contribution in [1.82, 2.24) is 15.1 Å². The van der Waals surface area contributed by atoms with Crippen LogP contribution < -0.4 is 10.9 Å². The van der Waals surface area contributed by atoms with Crippen molar-refractivity contribution >= 4 is 5.91 Å². The third kappa shape index (κ3) is 4.69. The van der Waals surface area contributed by atoms with Crippen molar-refractivity contribution in [2.75, 3.05) is 13.2 Å². The van der Waals surface area contributed by atoms with Gasteiger partial charge >= 0.3 is 0 Å². The highest BCUT2D eigenvalue weighted by Crippen LogP contribution is 2.09. The van der Waals surface area contributed by atoms with Crippen LogP contribution in [0.5, 0.6) is 0 Å². The number of halogens is 2. The largest absolute Gasteiger partial charge is 0.390 e. The Balaban J connectivity index is 2.76. The zero-order valence-corrected chi connectivity index (χ0v) is 11.1. The number of aromatic nitrogens is 2. The van der Waals surface area contributed by atoms with Crippen molar-refractivity contribution in [2.45, 2.75) is 32.2 Å². The number of rotatable bonds is 7. The van der Waals surface area contributed by atoms with Gasteiger partial charge in [-0.25, -0.2) is 13.5 Å². The molecule has 0 bridgehead atoms. The van der Waals surface area contributed by atoms with Gasteiger partial charge in [0, 0.05) is 12.6 Å². The summed E-state index contributed by atoms with van der Waals surface area (Å²) in [5.74, 6) is -4.20. The number of aliphatic hydroxyl groups is 1. The summed E-state index contributed by atoms with van der Waals surface area (Å²) < 4.78 is 26.7. The van der Waals surface area contributed by atoms with Gasteiger partial charge in [0.05, 0.1) is 6.54 Å². The lowest BCUT2D eigenvalue weighted by Gasteiger charge is -2.13. The zero-order chi connectivity index (χ0) is 15.2. The molecule has 112 valence electrons. The Hall–Kier alpha value is -1.83. The molecule has 8 heteroatoms. The molecule has 1 aromatic heterocycles. The summed E-state index contributed by atoms with van der Waals surface area (Å²) in [6, 6.07) is 2.35. The van der Waals surface area contributed by atoms with Gasteiger partial charge in [0.25, 0.3) is 17.4 Å². The minimum absolute atomic E-state index is 0.116. The zero-order valence-electron chi connectivity index (χ0n) is 11.1. The second kappa shape index (κ2) is 7.09. The van der Waals surface area contributed by atoms with Crippen LogP contribution in [0.25, 0.3) is 0 Å². The lowest BCUT2D eigenvalue weighted by atomic mass is 10.3. The quantitative estimate of drug-likeness (QED) is 0.761. The van der Waals surface area contributed by atoms with Crippen LogP contribution in [0.4, 0.5) is 8.78 Å². The molecule has 0 spiro atoms. The number of carbonyl (C=O) groups excluding carboxylic acids is 1. The summed E-state index contributed by atoms with van der Waals surface area (Å²) in [5.41, 5.74) is -0.467. The molecule has 1 rings (SSSR count). The van der Waals surface area contributed by atoms with E-state index in [1.807, 2.05) is 12.2 Å². The molecule has 0 aliphatic heterocycles. The summed E-state index contributed by atoms with van der Waals surface area (Å²) in [6.45, 7) is -0.0311. The molecule has 0 unspecified atom stereocenters. The first-order valence-corrected chi connectivity index (χ1v) is 6.24. The van der Waals surface area contributed by atoms with E-state index in [-0.39, 0.29) is 11.3 Å². The van der Waals surface area contributed by atoms with E-state index in [1.165, 1.54) is 12.1 Å². The number of unbranched alkanes of at least 4 members (excludes halogenated alkanes) is 1. The number of nitrogens with zero attached hydrogens (tertiary/aromatic N) is 2. The minimum Gasteiger partial charge on any atom is -0.390 e. The molecule has 0 radical (unpaired) electrons. The summed E-state index contributed by atoms with van der Waals surface area (Å²) in [5, 5.41) is 14.2. The predicted molar refractivity (Wildman–Crippen MR) is 67.8 cm³/mol. The SMILES string of the molecule is CCCCn1nc(C(=O)NCC(F)(F)CO)ccc1=O. The first kappa shape index (κ1) is 16.2. The van der Waals surface area contributed by atoms with E-state index in [1.54, 1.807) is 0 Å². The number of hydrogen-bond donors (Lipinski definition) is 2. The molecule has 0 saturated carbocycles. The Morgan fingerprint density at radius 1 is 1.50 bits per heavy atom. The molecular formula is C12H17F2N3O3. The van der Waals surface area contributed by atoms with Crippen molar-refractivity contribution in [3.8, 4) is 0 Å². The van der Waals surface area contributed by atoms with Crippen molar-refractivity contribution in [1.29, 1.82) is 0 Å². The van der Waals surface area contributed by atoms with Crippen LogP contribution in [0.2, 0.25) is 0 Å². The van der Waals surface area contributed by atoms with Gasteiger partial charge in [-0.2, -0.15) is 5.10 Å². The molecule has 0 aromatic carbocycles. The summed E-state index contributed by atoms with van der Waals surface area (Å²) in [4.78, 5) is 23.1. The van der Waals surface area contributed by atoms with E-state index >= 15 is 0 Å². The smallest absolute Gasteiger partial charge is 0.287 e. The normalized spacial score (nSPS) is 11.4. The number of aliphatic hydroxyl groups excluding tert-OH is 1. The predicted octanol–water partition coefficient (Wildman–Crippen LogP) is 0.401. The summed E-state index contributed by atoms with van der Waals surface area (Å²) in [7, 11) is 0. The Kier molecular flexibility index (Phi) is 5.75. The van der Waals surface area contributed by atoms with Gasteiger partial charge < -0.3 is 10.4 Å². The highest BCUT2D eigenvalue weighted by molar-refractivity contribution is 5.92. The lowest BCUT2D eigenvalue weighted by molar-refractivity contribution is -0.0462. The van der Waals surface area contributed by atoms with Gasteiger partial charge in [-0.1, -0.05) is 13.3 Å². The number of hydrogen-bond acceptors (Lipinski definition) is 4. The number of alkyl halides is 2. The fourth-order valence-electron chi connectivity index (χ4n) is 1.39.